The average Bonchev–Trinajstić information content (AvgIpc) is 3.16. The van der Waals surface area contributed by atoms with Gasteiger partial charge in [-0.05, 0) is 18.9 Å². The molecule has 0 bridgehead atoms. The topological polar surface area (TPSA) is 101 Å². The van der Waals surface area contributed by atoms with Gasteiger partial charge in [-0.15, -0.1) is 0 Å². The lowest BCUT2D eigenvalue weighted by Crippen LogP contribution is -2.31. The first-order chi connectivity index (χ1) is 9.43. The highest BCUT2D eigenvalue weighted by Crippen LogP contribution is 2.35. The molecule has 108 valence electrons. The van der Waals surface area contributed by atoms with E-state index in [1.807, 2.05) is 0 Å². The van der Waals surface area contributed by atoms with E-state index in [1.165, 1.54) is 23.9 Å². The number of aryl methyl sites for hydroxylation is 1. The molecule has 1 heterocycles. The molecule has 20 heavy (non-hydrogen) atoms. The number of ether oxygens (including phenoxy) is 2. The highest BCUT2D eigenvalue weighted by molar-refractivity contribution is 5.97. The molecule has 2 rings (SSSR count). The van der Waals surface area contributed by atoms with Gasteiger partial charge in [-0.1, -0.05) is 0 Å². The fourth-order valence-corrected chi connectivity index (χ4v) is 1.93. The molecule has 1 atom stereocenters. The van der Waals surface area contributed by atoms with Crippen molar-refractivity contribution in [2.75, 3.05) is 7.11 Å². The summed E-state index contributed by atoms with van der Waals surface area (Å²) in [5, 5.41) is 0. The van der Waals surface area contributed by atoms with Crippen LogP contribution < -0.4 is 5.73 Å². The summed E-state index contributed by atoms with van der Waals surface area (Å²) in [6.07, 6.45) is 2.20. The normalized spacial score (nSPS) is 15.5. The second kappa shape index (κ2) is 5.36. The van der Waals surface area contributed by atoms with Crippen LogP contribution in [0.25, 0.3) is 0 Å². The van der Waals surface area contributed by atoms with Crippen molar-refractivity contribution in [1.82, 2.24) is 4.57 Å². The minimum absolute atomic E-state index is 0.0160. The predicted octanol–water partition coefficient (Wildman–Crippen LogP) is 0.232. The molecule has 0 aliphatic heterocycles. The van der Waals surface area contributed by atoms with Crippen LogP contribution in [0.5, 0.6) is 0 Å². The number of rotatable bonds is 5. The van der Waals surface area contributed by atoms with Crippen molar-refractivity contribution in [1.29, 1.82) is 0 Å². The molecular weight excluding hydrogens is 264 g/mol. The predicted molar refractivity (Wildman–Crippen MR) is 67.9 cm³/mol. The monoisotopic (exact) mass is 280 g/mol. The summed E-state index contributed by atoms with van der Waals surface area (Å²) in [5.41, 5.74) is 5.52. The van der Waals surface area contributed by atoms with E-state index in [1.54, 1.807) is 7.05 Å². The Morgan fingerprint density at radius 1 is 1.40 bits per heavy atom. The zero-order valence-electron chi connectivity index (χ0n) is 11.3. The molecule has 0 aromatic carbocycles. The Morgan fingerprint density at radius 3 is 2.50 bits per heavy atom. The third kappa shape index (κ3) is 2.81. The number of esters is 2. The van der Waals surface area contributed by atoms with Crippen LogP contribution in [0.3, 0.4) is 0 Å². The summed E-state index contributed by atoms with van der Waals surface area (Å²) < 4.78 is 11.3. The fourth-order valence-electron chi connectivity index (χ4n) is 1.93. The first kappa shape index (κ1) is 14.1. The number of nitrogens with zero attached hydrogens (tertiary/aromatic N) is 1. The van der Waals surface area contributed by atoms with Gasteiger partial charge in [-0.25, -0.2) is 9.59 Å². The number of methoxy groups -OCH3 is 1. The number of hydrogen-bond donors (Lipinski definition) is 1. The molecule has 1 aliphatic rings. The molecule has 1 amide bonds. The molecule has 1 saturated carbocycles. The lowest BCUT2D eigenvalue weighted by Gasteiger charge is -2.14. The summed E-state index contributed by atoms with van der Waals surface area (Å²) in [4.78, 5) is 34.7. The van der Waals surface area contributed by atoms with Gasteiger partial charge in [0.2, 0.25) is 12.0 Å². The summed E-state index contributed by atoms with van der Waals surface area (Å²) in [5.74, 6) is -1.86. The number of carbonyl (C=O) groups excluding carboxylic acids is 3. The van der Waals surface area contributed by atoms with Crippen LogP contribution in [-0.2, 0) is 21.3 Å². The Bertz CT molecular complexity index is 559. The maximum absolute atomic E-state index is 12.1. The molecule has 1 aromatic heterocycles. The second-order valence-corrected chi connectivity index (χ2v) is 4.78. The third-order valence-electron chi connectivity index (χ3n) is 3.22. The van der Waals surface area contributed by atoms with E-state index < -0.39 is 23.9 Å². The van der Waals surface area contributed by atoms with Crippen molar-refractivity contribution in [3.8, 4) is 0 Å². The lowest BCUT2D eigenvalue weighted by atomic mass is 10.2. The van der Waals surface area contributed by atoms with Gasteiger partial charge in [0, 0.05) is 19.2 Å². The van der Waals surface area contributed by atoms with Crippen molar-refractivity contribution >= 4 is 17.8 Å². The minimum atomic E-state index is -0.889. The fraction of sp³-hybridized carbons (Fsp3) is 0.462. The van der Waals surface area contributed by atoms with Crippen LogP contribution >= 0.6 is 0 Å². The van der Waals surface area contributed by atoms with Gasteiger partial charge in [0.05, 0.1) is 12.7 Å². The quantitative estimate of drug-likeness (QED) is 0.778. The van der Waals surface area contributed by atoms with Crippen molar-refractivity contribution in [3.63, 3.8) is 0 Å². The largest absolute Gasteiger partial charge is 0.466 e. The standard InChI is InChI=1S/C13H16N2O5/c1-15-6-8(11(14)16)5-9(15)12(17)20-10(7-3-4-7)13(18)19-2/h5-7,10H,3-4H2,1-2H3,(H2,14,16)/t10-/m0/s1. The maximum Gasteiger partial charge on any atom is 0.355 e. The van der Waals surface area contributed by atoms with E-state index in [0.29, 0.717) is 0 Å². The molecule has 0 spiro atoms. The Labute approximate surface area is 115 Å². The highest BCUT2D eigenvalue weighted by Gasteiger charge is 2.40. The molecule has 0 unspecified atom stereocenters. The second-order valence-electron chi connectivity index (χ2n) is 4.78. The van der Waals surface area contributed by atoms with Crippen LogP contribution in [0.2, 0.25) is 0 Å². The van der Waals surface area contributed by atoms with E-state index in [0.717, 1.165) is 12.8 Å². The van der Waals surface area contributed by atoms with Crippen LogP contribution in [-0.4, -0.2) is 35.6 Å². The number of aromatic nitrogens is 1. The smallest absolute Gasteiger partial charge is 0.355 e. The van der Waals surface area contributed by atoms with Gasteiger partial charge in [-0.2, -0.15) is 0 Å². The molecule has 1 aromatic rings. The Balaban J connectivity index is 2.14. The van der Waals surface area contributed by atoms with Crippen LogP contribution in [0.1, 0.15) is 33.7 Å². The Hall–Kier alpha value is -2.31. The highest BCUT2D eigenvalue weighted by atomic mass is 16.6. The number of carbonyl (C=O) groups is 3. The molecule has 7 heteroatoms. The number of primary amides is 1. The Morgan fingerprint density at radius 2 is 2.05 bits per heavy atom. The maximum atomic E-state index is 12.1. The van der Waals surface area contributed by atoms with Gasteiger partial charge >= 0.3 is 11.9 Å². The minimum Gasteiger partial charge on any atom is -0.466 e. The van der Waals surface area contributed by atoms with E-state index in [2.05, 4.69) is 4.74 Å². The van der Waals surface area contributed by atoms with Crippen LogP contribution in [0.15, 0.2) is 12.3 Å². The van der Waals surface area contributed by atoms with Crippen molar-refractivity contribution < 1.29 is 23.9 Å². The lowest BCUT2D eigenvalue weighted by molar-refractivity contribution is -0.152. The summed E-state index contributed by atoms with van der Waals surface area (Å²) >= 11 is 0. The summed E-state index contributed by atoms with van der Waals surface area (Å²) in [6, 6.07) is 1.34. The van der Waals surface area contributed by atoms with Gasteiger partial charge in [0.1, 0.15) is 5.69 Å². The van der Waals surface area contributed by atoms with E-state index >= 15 is 0 Å². The number of hydrogen-bond acceptors (Lipinski definition) is 5. The number of amides is 1. The zero-order chi connectivity index (χ0) is 14.9. The summed E-state index contributed by atoms with van der Waals surface area (Å²) in [7, 11) is 2.84. The van der Waals surface area contributed by atoms with Gasteiger partial charge in [0.25, 0.3) is 0 Å². The van der Waals surface area contributed by atoms with Gasteiger partial charge in [0.15, 0.2) is 0 Å². The molecule has 0 radical (unpaired) electrons. The SMILES string of the molecule is COC(=O)[C@@H](OC(=O)c1cc(C(N)=O)cn1C)C1CC1. The Kier molecular flexibility index (Phi) is 3.78. The first-order valence-electron chi connectivity index (χ1n) is 6.19. The molecular formula is C13H16N2O5. The van der Waals surface area contributed by atoms with Gasteiger partial charge in [-0.3, -0.25) is 4.79 Å². The molecule has 0 saturated heterocycles. The van der Waals surface area contributed by atoms with Crippen LogP contribution in [0.4, 0.5) is 0 Å². The van der Waals surface area contributed by atoms with Crippen LogP contribution in [0, 0.1) is 5.92 Å². The van der Waals surface area contributed by atoms with Crippen molar-refractivity contribution in [2.45, 2.75) is 18.9 Å². The van der Waals surface area contributed by atoms with E-state index in [4.69, 9.17) is 10.5 Å². The molecule has 1 aliphatic carbocycles. The van der Waals surface area contributed by atoms with Crippen molar-refractivity contribution in [3.05, 3.63) is 23.5 Å². The van der Waals surface area contributed by atoms with E-state index in [-0.39, 0.29) is 17.2 Å². The van der Waals surface area contributed by atoms with E-state index in [9.17, 15) is 14.4 Å². The molecule has 7 nitrogen and oxygen atoms in total. The first-order valence-corrected chi connectivity index (χ1v) is 6.19. The third-order valence-corrected chi connectivity index (χ3v) is 3.22. The summed E-state index contributed by atoms with van der Waals surface area (Å²) in [6.45, 7) is 0. The zero-order valence-corrected chi connectivity index (χ0v) is 11.3. The van der Waals surface area contributed by atoms with Gasteiger partial charge < -0.3 is 19.8 Å². The molecule has 1 fully saturated rings. The van der Waals surface area contributed by atoms with Crippen molar-refractivity contribution in [2.24, 2.45) is 18.7 Å². The molecule has 2 N–H and O–H groups in total. The average molecular weight is 280 g/mol. The number of nitrogens with two attached hydrogens (primary N) is 1.